The molecule has 2 aromatic rings. The number of alkyl halides is 3. The molecular formula is C17H14ClF3N2O3. The molecule has 0 radical (unpaired) electrons. The third kappa shape index (κ3) is 5.19. The lowest BCUT2D eigenvalue weighted by Gasteiger charge is -2.15. The molecule has 0 saturated heterocycles. The first-order chi connectivity index (χ1) is 12.2. The van der Waals surface area contributed by atoms with E-state index in [1.807, 2.05) is 0 Å². The van der Waals surface area contributed by atoms with E-state index in [1.165, 1.54) is 18.3 Å². The average molecular weight is 387 g/mol. The summed E-state index contributed by atoms with van der Waals surface area (Å²) in [5.41, 5.74) is -1.02. The van der Waals surface area contributed by atoms with Crippen molar-refractivity contribution in [3.05, 3.63) is 64.4 Å². The zero-order chi connectivity index (χ0) is 19.3. The van der Waals surface area contributed by atoms with Crippen LogP contribution >= 0.6 is 11.6 Å². The number of aromatic nitrogens is 1. The van der Waals surface area contributed by atoms with Crippen molar-refractivity contribution in [3.63, 3.8) is 0 Å². The fraction of sp³-hybridized carbons (Fsp3) is 0.235. The van der Waals surface area contributed by atoms with Crippen LogP contribution in [0.25, 0.3) is 0 Å². The molecular weight excluding hydrogens is 373 g/mol. The number of ether oxygens (including phenoxy) is 1. The van der Waals surface area contributed by atoms with Gasteiger partial charge in [-0.2, -0.15) is 13.2 Å². The molecule has 1 N–H and O–H groups in total. The molecule has 1 atom stereocenters. The Bertz CT molecular complexity index is 812. The lowest BCUT2D eigenvalue weighted by molar-refractivity contribution is -0.137. The van der Waals surface area contributed by atoms with Gasteiger partial charge in [-0.3, -0.25) is 4.79 Å². The van der Waals surface area contributed by atoms with Crippen molar-refractivity contribution in [1.82, 2.24) is 10.3 Å². The summed E-state index contributed by atoms with van der Waals surface area (Å²) in [5, 5.41) is 2.58. The summed E-state index contributed by atoms with van der Waals surface area (Å²) >= 11 is 5.81. The molecule has 2 rings (SSSR count). The maximum absolute atomic E-state index is 12.7. The number of carbonyl (C=O) groups is 2. The monoisotopic (exact) mass is 386 g/mol. The number of hydrogen-bond donors (Lipinski definition) is 1. The molecule has 0 unspecified atom stereocenters. The average Bonchev–Trinajstić information content (AvgIpc) is 2.59. The predicted molar refractivity (Wildman–Crippen MR) is 87.9 cm³/mol. The highest BCUT2D eigenvalue weighted by Crippen LogP contribution is 2.29. The first-order valence-electron chi connectivity index (χ1n) is 7.44. The Balaban J connectivity index is 1.93. The summed E-state index contributed by atoms with van der Waals surface area (Å²) in [4.78, 5) is 27.7. The largest absolute Gasteiger partial charge is 0.460 e. The molecule has 0 saturated carbocycles. The third-order valence-corrected chi connectivity index (χ3v) is 3.57. The van der Waals surface area contributed by atoms with Crippen LogP contribution < -0.4 is 5.32 Å². The normalized spacial score (nSPS) is 12.3. The molecule has 1 aromatic heterocycles. The Kier molecular flexibility index (Phi) is 6.20. The number of nitrogens with zero attached hydrogens (tertiary/aromatic N) is 1. The Hall–Kier alpha value is -2.61. The maximum atomic E-state index is 12.7. The minimum Gasteiger partial charge on any atom is -0.460 e. The van der Waals surface area contributed by atoms with Crippen molar-refractivity contribution in [1.29, 1.82) is 0 Å². The zero-order valence-electron chi connectivity index (χ0n) is 13.5. The van der Waals surface area contributed by atoms with Gasteiger partial charge in [-0.15, -0.1) is 0 Å². The van der Waals surface area contributed by atoms with E-state index in [0.717, 1.165) is 12.1 Å². The fourth-order valence-electron chi connectivity index (χ4n) is 2.01. The molecule has 1 amide bonds. The highest BCUT2D eigenvalue weighted by Gasteiger charge is 2.31. The second-order valence-electron chi connectivity index (χ2n) is 5.39. The molecule has 1 aromatic carbocycles. The van der Waals surface area contributed by atoms with E-state index >= 15 is 0 Å². The van der Waals surface area contributed by atoms with Gasteiger partial charge in [-0.25, -0.2) is 9.78 Å². The van der Waals surface area contributed by atoms with Crippen molar-refractivity contribution >= 4 is 23.5 Å². The molecule has 138 valence electrons. The first-order valence-corrected chi connectivity index (χ1v) is 7.82. The van der Waals surface area contributed by atoms with Crippen molar-refractivity contribution in [2.45, 2.75) is 19.1 Å². The molecule has 0 bridgehead atoms. The van der Waals surface area contributed by atoms with Crippen LogP contribution in [-0.2, 0) is 10.9 Å². The highest BCUT2D eigenvalue weighted by molar-refractivity contribution is 6.32. The lowest BCUT2D eigenvalue weighted by atomic mass is 10.1. The Morgan fingerprint density at radius 3 is 2.65 bits per heavy atom. The van der Waals surface area contributed by atoms with Crippen LogP contribution in [0, 0.1) is 0 Å². The Morgan fingerprint density at radius 2 is 2.00 bits per heavy atom. The number of rotatable bonds is 5. The number of nitrogens with one attached hydrogen (secondary N) is 1. The van der Waals surface area contributed by atoms with Crippen molar-refractivity contribution in [3.8, 4) is 0 Å². The molecule has 0 spiro atoms. The van der Waals surface area contributed by atoms with Crippen molar-refractivity contribution in [2.24, 2.45) is 0 Å². The van der Waals surface area contributed by atoms with Crippen molar-refractivity contribution in [2.75, 3.05) is 6.61 Å². The SMILES string of the molecule is C[C@@H](COC(=O)c1cccc(C(F)(F)F)c1)NC(=O)c1cccnc1Cl. The summed E-state index contributed by atoms with van der Waals surface area (Å²) in [6, 6.07) is 6.34. The van der Waals surface area contributed by atoms with Crippen molar-refractivity contribution < 1.29 is 27.5 Å². The van der Waals surface area contributed by atoms with Crippen LogP contribution in [0.15, 0.2) is 42.6 Å². The molecule has 26 heavy (non-hydrogen) atoms. The van der Waals surface area contributed by atoms with E-state index in [1.54, 1.807) is 13.0 Å². The van der Waals surface area contributed by atoms with E-state index < -0.39 is 29.7 Å². The highest BCUT2D eigenvalue weighted by atomic mass is 35.5. The molecule has 0 aliphatic carbocycles. The van der Waals surface area contributed by atoms with Crippen LogP contribution in [0.1, 0.15) is 33.2 Å². The molecule has 0 aliphatic rings. The third-order valence-electron chi connectivity index (χ3n) is 3.27. The van der Waals surface area contributed by atoms with Gasteiger partial charge in [-0.05, 0) is 37.3 Å². The number of pyridine rings is 1. The van der Waals surface area contributed by atoms with Crippen LogP contribution in [0.5, 0.6) is 0 Å². The van der Waals surface area contributed by atoms with Gasteiger partial charge in [0.2, 0.25) is 0 Å². The summed E-state index contributed by atoms with van der Waals surface area (Å²) in [6.07, 6.45) is -3.13. The van der Waals surface area contributed by atoms with Gasteiger partial charge in [-0.1, -0.05) is 17.7 Å². The van der Waals surface area contributed by atoms with E-state index in [9.17, 15) is 22.8 Å². The lowest BCUT2D eigenvalue weighted by Crippen LogP contribution is -2.36. The fourth-order valence-corrected chi connectivity index (χ4v) is 2.21. The van der Waals surface area contributed by atoms with Gasteiger partial charge in [0.05, 0.1) is 22.7 Å². The summed E-state index contributed by atoms with van der Waals surface area (Å²) in [5.74, 6) is -1.43. The number of esters is 1. The smallest absolute Gasteiger partial charge is 0.416 e. The molecule has 0 fully saturated rings. The summed E-state index contributed by atoms with van der Waals surface area (Å²) in [7, 11) is 0. The summed E-state index contributed by atoms with van der Waals surface area (Å²) in [6.45, 7) is 1.35. The van der Waals surface area contributed by atoms with Gasteiger partial charge >= 0.3 is 12.1 Å². The number of carbonyl (C=O) groups excluding carboxylic acids is 2. The molecule has 1 heterocycles. The second-order valence-corrected chi connectivity index (χ2v) is 5.75. The predicted octanol–water partition coefficient (Wildman–Crippen LogP) is 3.73. The number of hydrogen-bond acceptors (Lipinski definition) is 4. The number of halogens is 4. The molecule has 9 heteroatoms. The number of benzene rings is 1. The summed E-state index contributed by atoms with van der Waals surface area (Å²) < 4.78 is 43.0. The first kappa shape index (κ1) is 19.7. The Morgan fingerprint density at radius 1 is 1.27 bits per heavy atom. The van der Waals surface area contributed by atoms with Gasteiger partial charge in [0.15, 0.2) is 0 Å². The maximum Gasteiger partial charge on any atom is 0.416 e. The minimum absolute atomic E-state index is 0.0261. The topological polar surface area (TPSA) is 68.3 Å². The van der Waals surface area contributed by atoms with E-state index in [0.29, 0.717) is 6.07 Å². The van der Waals surface area contributed by atoms with Crippen LogP contribution in [0.2, 0.25) is 5.15 Å². The molecule has 0 aliphatic heterocycles. The van der Waals surface area contributed by atoms with Gasteiger partial charge in [0, 0.05) is 6.20 Å². The van der Waals surface area contributed by atoms with E-state index in [-0.39, 0.29) is 22.9 Å². The van der Waals surface area contributed by atoms with E-state index in [4.69, 9.17) is 16.3 Å². The number of amides is 1. The van der Waals surface area contributed by atoms with Gasteiger partial charge in [0.25, 0.3) is 5.91 Å². The zero-order valence-corrected chi connectivity index (χ0v) is 14.3. The van der Waals surface area contributed by atoms with Gasteiger partial charge < -0.3 is 10.1 Å². The van der Waals surface area contributed by atoms with E-state index in [2.05, 4.69) is 10.3 Å². The second kappa shape index (κ2) is 8.18. The van der Waals surface area contributed by atoms with Gasteiger partial charge in [0.1, 0.15) is 11.8 Å². The standard InChI is InChI=1S/C17H14ClF3N2O3/c1-10(23-15(24)13-6-3-7-22-14(13)18)9-26-16(25)11-4-2-5-12(8-11)17(19,20)21/h2-8,10H,9H2,1H3,(H,23,24)/t10-/m0/s1. The Labute approximate surface area is 152 Å². The molecule has 5 nitrogen and oxygen atoms in total. The van der Waals surface area contributed by atoms with Crippen LogP contribution in [0.3, 0.4) is 0 Å². The quantitative estimate of drug-likeness (QED) is 0.628. The van der Waals surface area contributed by atoms with Crippen LogP contribution in [-0.4, -0.2) is 29.5 Å². The minimum atomic E-state index is -4.56. The van der Waals surface area contributed by atoms with Crippen LogP contribution in [0.4, 0.5) is 13.2 Å².